The molecule has 0 aliphatic heterocycles. The maximum atomic E-state index is 5.79. The van der Waals surface area contributed by atoms with E-state index in [1.807, 2.05) is 36.4 Å². The van der Waals surface area contributed by atoms with E-state index in [0.29, 0.717) is 5.84 Å². The molecule has 0 bridgehead atoms. The van der Waals surface area contributed by atoms with Crippen molar-refractivity contribution in [1.29, 1.82) is 0 Å². The monoisotopic (exact) mass is 248 g/mol. The summed E-state index contributed by atoms with van der Waals surface area (Å²) >= 11 is 0. The maximum absolute atomic E-state index is 5.79. The van der Waals surface area contributed by atoms with Crippen LogP contribution in [0.15, 0.2) is 59.0 Å². The second-order valence-electron chi connectivity index (χ2n) is 4.60. The van der Waals surface area contributed by atoms with Gasteiger partial charge in [-0.25, -0.2) is 0 Å². The smallest absolute Gasteiger partial charge is 0.307 e. The first kappa shape index (κ1) is 10.4. The highest BCUT2D eigenvalue weighted by Crippen LogP contribution is 2.28. The zero-order chi connectivity index (χ0) is 12.8. The molecule has 0 N–H and O–H groups in total. The van der Waals surface area contributed by atoms with Crippen LogP contribution >= 0.6 is 0 Å². The van der Waals surface area contributed by atoms with Gasteiger partial charge in [0.15, 0.2) is 5.58 Å². The molecule has 0 aliphatic carbocycles. The topological polar surface area (TPSA) is 30.4 Å². The lowest BCUT2D eigenvalue weighted by Gasteiger charge is -1.98. The van der Waals surface area contributed by atoms with Crippen LogP contribution in [0.5, 0.6) is 0 Å². The fourth-order valence-electron chi connectivity index (χ4n) is 2.52. The minimum Gasteiger partial charge on any atom is -0.423 e. The number of fused-ring (bicyclic) bond motifs is 3. The number of aromatic nitrogens is 2. The lowest BCUT2D eigenvalue weighted by Crippen LogP contribution is -1.85. The van der Waals surface area contributed by atoms with Crippen LogP contribution in [-0.4, -0.2) is 9.38 Å². The van der Waals surface area contributed by atoms with Crippen molar-refractivity contribution >= 4 is 16.9 Å². The SMILES string of the molecule is Cc1c(-c2ccccc2)nc2oc3ccccc3n12. The minimum absolute atomic E-state index is 0.651. The van der Waals surface area contributed by atoms with Crippen LogP contribution in [-0.2, 0) is 0 Å². The van der Waals surface area contributed by atoms with Gasteiger partial charge in [0.05, 0.1) is 16.9 Å². The van der Waals surface area contributed by atoms with Crippen molar-refractivity contribution in [1.82, 2.24) is 9.38 Å². The molecule has 0 saturated carbocycles. The zero-order valence-corrected chi connectivity index (χ0v) is 10.5. The van der Waals surface area contributed by atoms with Crippen LogP contribution in [0.2, 0.25) is 0 Å². The van der Waals surface area contributed by atoms with Crippen LogP contribution in [0, 0.1) is 6.92 Å². The van der Waals surface area contributed by atoms with Crippen LogP contribution in [0.4, 0.5) is 0 Å². The molecule has 0 radical (unpaired) electrons. The quantitative estimate of drug-likeness (QED) is 0.508. The number of aryl methyl sites for hydroxylation is 1. The van der Waals surface area contributed by atoms with Gasteiger partial charge >= 0.3 is 5.84 Å². The zero-order valence-electron chi connectivity index (χ0n) is 10.5. The molecule has 0 amide bonds. The normalized spacial score (nSPS) is 11.4. The Bertz CT molecular complexity index is 872. The fraction of sp³-hybridized carbons (Fsp3) is 0.0625. The number of nitrogens with zero attached hydrogens (tertiary/aromatic N) is 2. The second-order valence-corrected chi connectivity index (χ2v) is 4.60. The first-order valence-electron chi connectivity index (χ1n) is 6.26. The molecule has 2 heterocycles. The van der Waals surface area contributed by atoms with Gasteiger partial charge in [0.1, 0.15) is 0 Å². The molecule has 0 unspecified atom stereocenters. The Morgan fingerprint density at radius 1 is 0.947 bits per heavy atom. The number of benzene rings is 2. The van der Waals surface area contributed by atoms with Gasteiger partial charge in [-0.05, 0) is 19.1 Å². The van der Waals surface area contributed by atoms with Crippen molar-refractivity contribution in [3.63, 3.8) is 0 Å². The van der Waals surface area contributed by atoms with Crippen molar-refractivity contribution in [3.8, 4) is 11.3 Å². The third kappa shape index (κ3) is 1.41. The largest absolute Gasteiger partial charge is 0.423 e. The molecular weight excluding hydrogens is 236 g/mol. The van der Waals surface area contributed by atoms with Gasteiger partial charge in [-0.3, -0.25) is 4.40 Å². The Labute approximate surface area is 110 Å². The van der Waals surface area contributed by atoms with Gasteiger partial charge in [0.2, 0.25) is 0 Å². The van der Waals surface area contributed by atoms with Gasteiger partial charge in [-0.15, -0.1) is 0 Å². The number of rotatable bonds is 1. The number of oxazole rings is 1. The summed E-state index contributed by atoms with van der Waals surface area (Å²) in [7, 11) is 0. The molecule has 4 rings (SSSR count). The molecule has 4 aromatic rings. The van der Waals surface area contributed by atoms with Crippen LogP contribution in [0.1, 0.15) is 5.69 Å². The Morgan fingerprint density at radius 3 is 2.53 bits per heavy atom. The molecule has 3 heteroatoms. The lowest BCUT2D eigenvalue weighted by molar-refractivity contribution is 0.641. The Balaban J connectivity index is 2.08. The summed E-state index contributed by atoms with van der Waals surface area (Å²) in [5.41, 5.74) is 5.12. The Kier molecular flexibility index (Phi) is 2.03. The van der Waals surface area contributed by atoms with Crippen molar-refractivity contribution in [2.45, 2.75) is 6.92 Å². The fourth-order valence-corrected chi connectivity index (χ4v) is 2.52. The summed E-state index contributed by atoms with van der Waals surface area (Å²) in [5.74, 6) is 0.651. The van der Waals surface area contributed by atoms with Crippen molar-refractivity contribution in [2.24, 2.45) is 0 Å². The molecule has 0 spiro atoms. The Hall–Kier alpha value is -2.55. The second kappa shape index (κ2) is 3.72. The van der Waals surface area contributed by atoms with Crippen LogP contribution < -0.4 is 0 Å². The summed E-state index contributed by atoms with van der Waals surface area (Å²) in [5, 5.41) is 0. The lowest BCUT2D eigenvalue weighted by atomic mass is 10.1. The van der Waals surface area contributed by atoms with Gasteiger partial charge in [0, 0.05) is 5.56 Å². The first-order valence-corrected chi connectivity index (χ1v) is 6.26. The molecule has 0 fully saturated rings. The van der Waals surface area contributed by atoms with Gasteiger partial charge in [-0.2, -0.15) is 4.98 Å². The summed E-state index contributed by atoms with van der Waals surface area (Å²) in [6.45, 7) is 2.07. The van der Waals surface area contributed by atoms with E-state index >= 15 is 0 Å². The highest BCUT2D eigenvalue weighted by molar-refractivity contribution is 5.79. The van der Waals surface area contributed by atoms with E-state index in [2.05, 4.69) is 34.5 Å². The van der Waals surface area contributed by atoms with Crippen molar-refractivity contribution in [2.75, 3.05) is 0 Å². The van der Waals surface area contributed by atoms with E-state index in [4.69, 9.17) is 4.42 Å². The third-order valence-corrected chi connectivity index (χ3v) is 3.43. The molecule has 0 atom stereocenters. The number of hydrogen-bond donors (Lipinski definition) is 0. The molecule has 19 heavy (non-hydrogen) atoms. The summed E-state index contributed by atoms with van der Waals surface area (Å²) in [6, 6.07) is 18.2. The van der Waals surface area contributed by atoms with E-state index < -0.39 is 0 Å². The van der Waals surface area contributed by atoms with Crippen LogP contribution in [0.3, 0.4) is 0 Å². The summed E-state index contributed by atoms with van der Waals surface area (Å²) in [4.78, 5) is 4.62. The predicted octanol–water partition coefficient (Wildman–Crippen LogP) is 4.06. The summed E-state index contributed by atoms with van der Waals surface area (Å²) < 4.78 is 7.85. The van der Waals surface area contributed by atoms with Gasteiger partial charge in [0.25, 0.3) is 0 Å². The standard InChI is InChI=1S/C16H12N2O/c1-11-15(12-7-3-2-4-8-12)17-16-18(11)13-9-5-6-10-14(13)19-16/h2-10H,1H3. The van der Waals surface area contributed by atoms with Crippen molar-refractivity contribution in [3.05, 3.63) is 60.3 Å². The van der Waals surface area contributed by atoms with E-state index in [0.717, 1.165) is 28.1 Å². The van der Waals surface area contributed by atoms with Gasteiger partial charge < -0.3 is 4.42 Å². The molecule has 2 aromatic carbocycles. The van der Waals surface area contributed by atoms with E-state index in [1.165, 1.54) is 0 Å². The third-order valence-electron chi connectivity index (χ3n) is 3.43. The van der Waals surface area contributed by atoms with E-state index in [1.54, 1.807) is 0 Å². The molecule has 3 nitrogen and oxygen atoms in total. The molecule has 92 valence electrons. The average molecular weight is 248 g/mol. The van der Waals surface area contributed by atoms with Crippen LogP contribution in [0.25, 0.3) is 28.2 Å². The maximum Gasteiger partial charge on any atom is 0.307 e. The number of para-hydroxylation sites is 2. The average Bonchev–Trinajstić information content (AvgIpc) is 2.97. The van der Waals surface area contributed by atoms with Gasteiger partial charge in [-0.1, -0.05) is 42.5 Å². The molecular formula is C16H12N2O. The summed E-state index contributed by atoms with van der Waals surface area (Å²) in [6.07, 6.45) is 0. The van der Waals surface area contributed by atoms with Crippen molar-refractivity contribution < 1.29 is 4.42 Å². The predicted molar refractivity (Wildman–Crippen MR) is 75.1 cm³/mol. The van der Waals surface area contributed by atoms with E-state index in [-0.39, 0.29) is 0 Å². The molecule has 0 aliphatic rings. The van der Waals surface area contributed by atoms with E-state index in [9.17, 15) is 0 Å². The molecule has 2 aromatic heterocycles. The Morgan fingerprint density at radius 2 is 1.68 bits per heavy atom. The highest BCUT2D eigenvalue weighted by atomic mass is 16.4. The first-order chi connectivity index (χ1) is 9.34. The highest BCUT2D eigenvalue weighted by Gasteiger charge is 2.15. The minimum atomic E-state index is 0.651. The molecule has 0 saturated heterocycles. The number of imidazole rings is 1. The number of hydrogen-bond acceptors (Lipinski definition) is 2.